The standard InChI is InChI=1S/C14H12FNO3/c1-8(17)16-7-10(9-5-6-19-14(9)18)13-11(15)3-2-4-12(13)16/h2-4,7,9H,5-6H2,1H3. The maximum Gasteiger partial charge on any atom is 0.313 e. The van der Waals surface area contributed by atoms with Gasteiger partial charge in [-0.25, -0.2) is 4.39 Å². The normalized spacial score (nSPS) is 18.8. The number of hydrogen-bond acceptors (Lipinski definition) is 3. The highest BCUT2D eigenvalue weighted by molar-refractivity contribution is 5.97. The summed E-state index contributed by atoms with van der Waals surface area (Å²) >= 11 is 0. The summed E-state index contributed by atoms with van der Waals surface area (Å²) in [7, 11) is 0. The van der Waals surface area contributed by atoms with Crippen LogP contribution in [-0.2, 0) is 9.53 Å². The maximum atomic E-state index is 14.0. The minimum absolute atomic E-state index is 0.215. The van der Waals surface area contributed by atoms with E-state index in [9.17, 15) is 14.0 Å². The van der Waals surface area contributed by atoms with Gasteiger partial charge in [-0.2, -0.15) is 0 Å². The van der Waals surface area contributed by atoms with Crippen LogP contribution >= 0.6 is 0 Å². The first-order valence-electron chi connectivity index (χ1n) is 6.06. The predicted octanol–water partition coefficient (Wildman–Crippen LogP) is 2.47. The molecule has 0 bridgehead atoms. The number of cyclic esters (lactones) is 1. The molecule has 4 nitrogen and oxygen atoms in total. The average Bonchev–Trinajstić information content (AvgIpc) is 2.93. The van der Waals surface area contributed by atoms with Gasteiger partial charge in [0.25, 0.3) is 0 Å². The van der Waals surface area contributed by atoms with Gasteiger partial charge in [0.1, 0.15) is 5.82 Å². The number of aromatic nitrogens is 1. The second-order valence-corrected chi connectivity index (χ2v) is 4.62. The van der Waals surface area contributed by atoms with Crippen LogP contribution in [0, 0.1) is 5.82 Å². The monoisotopic (exact) mass is 261 g/mol. The molecule has 0 spiro atoms. The lowest BCUT2D eigenvalue weighted by Crippen LogP contribution is -2.06. The lowest BCUT2D eigenvalue weighted by molar-refractivity contribution is -0.139. The van der Waals surface area contributed by atoms with Crippen LogP contribution in [0.15, 0.2) is 24.4 Å². The van der Waals surface area contributed by atoms with Crippen LogP contribution in [0.4, 0.5) is 4.39 Å². The number of carbonyl (C=O) groups excluding carboxylic acids is 2. The molecule has 1 aromatic carbocycles. The van der Waals surface area contributed by atoms with E-state index in [0.29, 0.717) is 29.5 Å². The third kappa shape index (κ3) is 1.73. The molecule has 1 aromatic heterocycles. The highest BCUT2D eigenvalue weighted by Gasteiger charge is 2.32. The number of halogens is 1. The number of benzene rings is 1. The molecular weight excluding hydrogens is 249 g/mol. The summed E-state index contributed by atoms with van der Waals surface area (Å²) in [6.07, 6.45) is 2.07. The van der Waals surface area contributed by atoms with Crippen molar-refractivity contribution in [3.8, 4) is 0 Å². The molecule has 19 heavy (non-hydrogen) atoms. The summed E-state index contributed by atoms with van der Waals surface area (Å²) in [4.78, 5) is 23.3. The zero-order chi connectivity index (χ0) is 13.6. The topological polar surface area (TPSA) is 48.3 Å². The Bertz CT molecular complexity index is 689. The van der Waals surface area contributed by atoms with Crippen molar-refractivity contribution in [2.24, 2.45) is 0 Å². The lowest BCUT2D eigenvalue weighted by atomic mass is 9.97. The summed E-state index contributed by atoms with van der Waals surface area (Å²) in [5.41, 5.74) is 1.02. The molecule has 0 saturated carbocycles. The third-order valence-electron chi connectivity index (χ3n) is 3.46. The summed E-state index contributed by atoms with van der Waals surface area (Å²) < 4.78 is 20.3. The van der Waals surface area contributed by atoms with Gasteiger partial charge in [0.05, 0.1) is 18.0 Å². The maximum absolute atomic E-state index is 14.0. The molecule has 0 aliphatic carbocycles. The van der Waals surface area contributed by atoms with E-state index in [0.717, 1.165) is 0 Å². The van der Waals surface area contributed by atoms with Crippen LogP contribution in [0.3, 0.4) is 0 Å². The molecule has 3 rings (SSSR count). The summed E-state index contributed by atoms with van der Waals surface area (Å²) in [5.74, 6) is -1.48. The van der Waals surface area contributed by atoms with E-state index in [4.69, 9.17) is 4.74 Å². The Morgan fingerprint density at radius 3 is 2.89 bits per heavy atom. The van der Waals surface area contributed by atoms with E-state index in [1.165, 1.54) is 17.6 Å². The van der Waals surface area contributed by atoms with Gasteiger partial charge in [0.15, 0.2) is 0 Å². The highest BCUT2D eigenvalue weighted by atomic mass is 19.1. The Hall–Kier alpha value is -2.17. The van der Waals surface area contributed by atoms with Gasteiger partial charge in [0.2, 0.25) is 5.91 Å². The van der Waals surface area contributed by atoms with Gasteiger partial charge in [0, 0.05) is 18.5 Å². The zero-order valence-corrected chi connectivity index (χ0v) is 10.4. The first kappa shape index (κ1) is 11.9. The van der Waals surface area contributed by atoms with Crippen LogP contribution < -0.4 is 0 Å². The van der Waals surface area contributed by atoms with Crippen molar-refractivity contribution in [1.29, 1.82) is 0 Å². The van der Waals surface area contributed by atoms with E-state index in [1.54, 1.807) is 18.3 Å². The number of fused-ring (bicyclic) bond motifs is 1. The quantitative estimate of drug-likeness (QED) is 0.741. The van der Waals surface area contributed by atoms with Crippen LogP contribution in [-0.4, -0.2) is 23.1 Å². The smallest absolute Gasteiger partial charge is 0.313 e. The summed E-state index contributed by atoms with van der Waals surface area (Å²) in [6, 6.07) is 4.55. The van der Waals surface area contributed by atoms with E-state index >= 15 is 0 Å². The Kier molecular flexibility index (Phi) is 2.62. The fourth-order valence-corrected chi connectivity index (χ4v) is 2.58. The third-order valence-corrected chi connectivity index (χ3v) is 3.46. The number of esters is 1. The summed E-state index contributed by atoms with van der Waals surface area (Å²) in [5, 5.41) is 0.335. The Balaban J connectivity index is 2.30. The molecule has 1 aliphatic heterocycles. The lowest BCUT2D eigenvalue weighted by Gasteiger charge is -2.03. The van der Waals surface area contributed by atoms with Gasteiger partial charge in [-0.3, -0.25) is 14.2 Å². The first-order valence-corrected chi connectivity index (χ1v) is 6.06. The second kappa shape index (κ2) is 4.19. The molecule has 1 fully saturated rings. The SMILES string of the molecule is CC(=O)n1cc(C2CCOC2=O)c2c(F)cccc21. The molecule has 1 unspecified atom stereocenters. The van der Waals surface area contributed by atoms with E-state index in [2.05, 4.69) is 0 Å². The van der Waals surface area contributed by atoms with Crippen LogP contribution in [0.5, 0.6) is 0 Å². The Morgan fingerprint density at radius 2 is 2.26 bits per heavy atom. The van der Waals surface area contributed by atoms with Crippen molar-refractivity contribution < 1.29 is 18.7 Å². The van der Waals surface area contributed by atoms with Gasteiger partial charge in [-0.05, 0) is 24.1 Å². The largest absolute Gasteiger partial charge is 0.465 e. The molecule has 0 radical (unpaired) electrons. The van der Waals surface area contributed by atoms with Gasteiger partial charge < -0.3 is 4.74 Å². The molecule has 2 heterocycles. The van der Waals surface area contributed by atoms with E-state index in [-0.39, 0.29) is 11.9 Å². The van der Waals surface area contributed by atoms with Gasteiger partial charge in [-0.15, -0.1) is 0 Å². The highest BCUT2D eigenvalue weighted by Crippen LogP contribution is 2.34. The van der Waals surface area contributed by atoms with E-state index in [1.807, 2.05) is 0 Å². The van der Waals surface area contributed by atoms with Crippen molar-refractivity contribution in [2.45, 2.75) is 19.3 Å². The molecule has 1 atom stereocenters. The first-order chi connectivity index (χ1) is 9.09. The number of ether oxygens (including phenoxy) is 1. The average molecular weight is 261 g/mol. The molecule has 1 saturated heterocycles. The number of rotatable bonds is 1. The zero-order valence-electron chi connectivity index (χ0n) is 10.4. The molecule has 0 N–H and O–H groups in total. The molecular formula is C14H12FNO3. The van der Waals surface area contributed by atoms with Crippen LogP contribution in [0.2, 0.25) is 0 Å². The van der Waals surface area contributed by atoms with Crippen molar-refractivity contribution in [3.05, 3.63) is 35.8 Å². The fraction of sp³-hybridized carbons (Fsp3) is 0.286. The molecule has 0 amide bonds. The number of nitrogens with zero attached hydrogens (tertiary/aromatic N) is 1. The molecule has 2 aromatic rings. The molecule has 98 valence electrons. The van der Waals surface area contributed by atoms with E-state index < -0.39 is 11.7 Å². The number of hydrogen-bond donors (Lipinski definition) is 0. The van der Waals surface area contributed by atoms with Crippen molar-refractivity contribution in [3.63, 3.8) is 0 Å². The summed E-state index contributed by atoms with van der Waals surface area (Å²) in [6.45, 7) is 1.74. The van der Waals surface area contributed by atoms with Crippen LogP contribution in [0.25, 0.3) is 10.9 Å². The van der Waals surface area contributed by atoms with Crippen molar-refractivity contribution in [2.75, 3.05) is 6.61 Å². The number of carbonyl (C=O) groups is 2. The molecule has 5 heteroatoms. The minimum atomic E-state index is -0.486. The van der Waals surface area contributed by atoms with Gasteiger partial charge >= 0.3 is 5.97 Å². The van der Waals surface area contributed by atoms with Crippen molar-refractivity contribution >= 4 is 22.8 Å². The minimum Gasteiger partial charge on any atom is -0.465 e. The van der Waals surface area contributed by atoms with Crippen LogP contribution in [0.1, 0.15) is 29.6 Å². The van der Waals surface area contributed by atoms with Gasteiger partial charge in [-0.1, -0.05) is 6.07 Å². The fourth-order valence-electron chi connectivity index (χ4n) is 2.58. The molecule has 1 aliphatic rings. The Labute approximate surface area is 108 Å². The van der Waals surface area contributed by atoms with Crippen molar-refractivity contribution in [1.82, 2.24) is 4.57 Å². The predicted molar refractivity (Wildman–Crippen MR) is 66.5 cm³/mol. The Morgan fingerprint density at radius 1 is 1.47 bits per heavy atom. The second-order valence-electron chi connectivity index (χ2n) is 4.62.